The van der Waals surface area contributed by atoms with Gasteiger partial charge in [0.25, 0.3) is 0 Å². The van der Waals surface area contributed by atoms with Gasteiger partial charge in [-0.25, -0.2) is 4.79 Å². The van der Waals surface area contributed by atoms with Gasteiger partial charge in [0, 0.05) is 12.4 Å². The van der Waals surface area contributed by atoms with Crippen molar-refractivity contribution in [3.63, 3.8) is 0 Å². The van der Waals surface area contributed by atoms with E-state index in [0.717, 1.165) is 25.2 Å². The van der Waals surface area contributed by atoms with Crippen molar-refractivity contribution in [3.05, 3.63) is 23.7 Å². The molecule has 0 saturated carbocycles. The lowest BCUT2D eigenvalue weighted by molar-refractivity contribution is 0.0660. The van der Waals surface area contributed by atoms with E-state index in [0.29, 0.717) is 11.9 Å². The van der Waals surface area contributed by atoms with Crippen molar-refractivity contribution < 1.29 is 19.1 Å². The number of ether oxygens (including phenoxy) is 1. The molecule has 2 rings (SSSR count). The molecule has 1 aromatic rings. The van der Waals surface area contributed by atoms with Gasteiger partial charge in [0.2, 0.25) is 5.76 Å². The second kappa shape index (κ2) is 5.60. The number of rotatable bonds is 5. The number of carboxylic acid groups (broad SMARTS) is 1. The lowest BCUT2D eigenvalue weighted by Crippen LogP contribution is -2.08. The summed E-state index contributed by atoms with van der Waals surface area (Å²) in [6, 6.07) is 3.23. The first-order valence-corrected chi connectivity index (χ1v) is 6.78. The summed E-state index contributed by atoms with van der Waals surface area (Å²) in [5.41, 5.74) is 0. The number of aromatic carboxylic acids is 1. The van der Waals surface area contributed by atoms with Gasteiger partial charge in [-0.15, -0.1) is 11.8 Å². The fourth-order valence-corrected chi connectivity index (χ4v) is 2.85. The molecule has 1 saturated heterocycles. The minimum Gasteiger partial charge on any atom is -0.475 e. The van der Waals surface area contributed by atoms with Crippen molar-refractivity contribution in [1.82, 2.24) is 0 Å². The molecule has 0 bridgehead atoms. The Kier molecular flexibility index (Phi) is 4.12. The summed E-state index contributed by atoms with van der Waals surface area (Å²) < 4.78 is 10.8. The summed E-state index contributed by atoms with van der Waals surface area (Å²) >= 11 is 1.74. The van der Waals surface area contributed by atoms with Crippen LogP contribution in [0.15, 0.2) is 16.5 Å². The summed E-state index contributed by atoms with van der Waals surface area (Å²) in [5, 5.41) is 8.92. The molecule has 2 atom stereocenters. The molecule has 1 N–H and O–H groups in total. The van der Waals surface area contributed by atoms with Crippen molar-refractivity contribution in [2.24, 2.45) is 0 Å². The van der Waals surface area contributed by atoms with E-state index in [1.54, 1.807) is 17.8 Å². The third-order valence-electron chi connectivity index (χ3n) is 2.79. The molecule has 1 aliphatic heterocycles. The highest BCUT2D eigenvalue weighted by atomic mass is 32.2. The summed E-state index contributed by atoms with van der Waals surface area (Å²) in [7, 11) is 0. The minimum absolute atomic E-state index is 0.00423. The Bertz CT molecular complexity index is 382. The first-order chi connectivity index (χ1) is 8.16. The van der Waals surface area contributed by atoms with Crippen LogP contribution in [-0.2, 0) is 4.74 Å². The van der Waals surface area contributed by atoms with Gasteiger partial charge in [-0.2, -0.15) is 0 Å². The van der Waals surface area contributed by atoms with E-state index in [4.69, 9.17) is 14.3 Å². The van der Waals surface area contributed by atoms with E-state index in [9.17, 15) is 4.79 Å². The fraction of sp³-hybridized carbons (Fsp3) is 0.583. The summed E-state index contributed by atoms with van der Waals surface area (Å²) in [4.78, 5) is 10.7. The third-order valence-corrected chi connectivity index (χ3v) is 4.09. The first-order valence-electron chi connectivity index (χ1n) is 5.73. The van der Waals surface area contributed by atoms with Crippen LogP contribution in [0.25, 0.3) is 0 Å². The van der Waals surface area contributed by atoms with Crippen molar-refractivity contribution in [3.8, 4) is 0 Å². The molecule has 0 radical (unpaired) electrons. The molecule has 1 fully saturated rings. The average molecular weight is 256 g/mol. The first kappa shape index (κ1) is 12.5. The molecule has 4 nitrogen and oxygen atoms in total. The van der Waals surface area contributed by atoms with Gasteiger partial charge in [-0.3, -0.25) is 0 Å². The van der Waals surface area contributed by atoms with Crippen molar-refractivity contribution >= 4 is 17.7 Å². The number of furan rings is 1. The standard InChI is InChI=1S/C12H16O4S/c1-8(17-7-9-3-2-6-15-9)10-4-5-11(16-10)12(13)14/h4-5,8-9H,2-3,6-7H2,1H3,(H,13,14). The van der Waals surface area contributed by atoms with Gasteiger partial charge in [0.1, 0.15) is 5.76 Å². The Morgan fingerprint density at radius 1 is 1.65 bits per heavy atom. The molecule has 0 aromatic carbocycles. The summed E-state index contributed by atoms with van der Waals surface area (Å²) in [6.45, 7) is 2.88. The second-order valence-electron chi connectivity index (χ2n) is 4.12. The van der Waals surface area contributed by atoms with Crippen molar-refractivity contribution in [2.75, 3.05) is 12.4 Å². The van der Waals surface area contributed by atoms with Crippen LogP contribution < -0.4 is 0 Å². The van der Waals surface area contributed by atoms with Crippen LogP contribution in [0.3, 0.4) is 0 Å². The Balaban J connectivity index is 1.85. The van der Waals surface area contributed by atoms with E-state index in [-0.39, 0.29) is 11.0 Å². The molecule has 5 heteroatoms. The maximum Gasteiger partial charge on any atom is 0.371 e. The highest BCUT2D eigenvalue weighted by Gasteiger charge is 2.19. The van der Waals surface area contributed by atoms with Crippen LogP contribution in [0, 0.1) is 0 Å². The number of hydrogen-bond acceptors (Lipinski definition) is 4. The number of carboxylic acids is 1. The highest BCUT2D eigenvalue weighted by molar-refractivity contribution is 7.99. The van der Waals surface area contributed by atoms with Crippen LogP contribution in [-0.4, -0.2) is 29.5 Å². The molecule has 0 amide bonds. The molecule has 94 valence electrons. The van der Waals surface area contributed by atoms with E-state index in [1.807, 2.05) is 6.92 Å². The Morgan fingerprint density at radius 2 is 2.47 bits per heavy atom. The van der Waals surface area contributed by atoms with Crippen LogP contribution in [0.4, 0.5) is 0 Å². The molecule has 1 aliphatic rings. The monoisotopic (exact) mass is 256 g/mol. The largest absolute Gasteiger partial charge is 0.475 e. The van der Waals surface area contributed by atoms with Gasteiger partial charge < -0.3 is 14.3 Å². The molecule has 2 heterocycles. The Hall–Kier alpha value is -0.940. The molecular formula is C12H16O4S. The minimum atomic E-state index is -1.02. The van der Waals surface area contributed by atoms with Gasteiger partial charge in [0.05, 0.1) is 11.4 Å². The second-order valence-corrected chi connectivity index (χ2v) is 5.49. The van der Waals surface area contributed by atoms with Gasteiger partial charge in [-0.05, 0) is 31.9 Å². The van der Waals surface area contributed by atoms with E-state index in [1.165, 1.54) is 6.07 Å². The molecule has 0 spiro atoms. The fourth-order valence-electron chi connectivity index (χ4n) is 1.80. The third kappa shape index (κ3) is 3.26. The van der Waals surface area contributed by atoms with Gasteiger partial charge in [0.15, 0.2) is 0 Å². The molecule has 0 aliphatic carbocycles. The number of carbonyl (C=O) groups is 1. The normalized spacial score (nSPS) is 21.6. The zero-order valence-corrected chi connectivity index (χ0v) is 10.5. The Morgan fingerprint density at radius 3 is 3.06 bits per heavy atom. The van der Waals surface area contributed by atoms with Crippen LogP contribution in [0.2, 0.25) is 0 Å². The smallest absolute Gasteiger partial charge is 0.371 e. The lowest BCUT2D eigenvalue weighted by Gasteiger charge is -2.12. The number of hydrogen-bond donors (Lipinski definition) is 1. The predicted molar refractivity (Wildman–Crippen MR) is 65.5 cm³/mol. The predicted octanol–water partition coefficient (Wildman–Crippen LogP) is 2.95. The van der Waals surface area contributed by atoms with Crippen LogP contribution >= 0.6 is 11.8 Å². The van der Waals surface area contributed by atoms with E-state index >= 15 is 0 Å². The van der Waals surface area contributed by atoms with Crippen molar-refractivity contribution in [1.29, 1.82) is 0 Å². The maximum atomic E-state index is 10.7. The van der Waals surface area contributed by atoms with E-state index in [2.05, 4.69) is 0 Å². The molecule has 17 heavy (non-hydrogen) atoms. The number of thioether (sulfide) groups is 1. The summed E-state index contributed by atoms with van der Waals surface area (Å²) in [5.74, 6) is 0.632. The van der Waals surface area contributed by atoms with Crippen LogP contribution in [0.5, 0.6) is 0 Å². The van der Waals surface area contributed by atoms with Crippen LogP contribution in [0.1, 0.15) is 41.3 Å². The van der Waals surface area contributed by atoms with Gasteiger partial charge in [-0.1, -0.05) is 0 Å². The SMILES string of the molecule is CC(SCC1CCCO1)c1ccc(C(=O)O)o1. The summed E-state index contributed by atoms with van der Waals surface area (Å²) in [6.07, 6.45) is 2.61. The quantitative estimate of drug-likeness (QED) is 0.877. The van der Waals surface area contributed by atoms with E-state index < -0.39 is 5.97 Å². The lowest BCUT2D eigenvalue weighted by atomic mass is 10.3. The van der Waals surface area contributed by atoms with Crippen molar-refractivity contribution in [2.45, 2.75) is 31.1 Å². The van der Waals surface area contributed by atoms with Gasteiger partial charge >= 0.3 is 5.97 Å². The zero-order valence-electron chi connectivity index (χ0n) is 9.72. The zero-order chi connectivity index (χ0) is 12.3. The Labute approximate surface area is 104 Å². The highest BCUT2D eigenvalue weighted by Crippen LogP contribution is 2.31. The molecular weight excluding hydrogens is 240 g/mol. The topological polar surface area (TPSA) is 59.7 Å². The maximum absolute atomic E-state index is 10.7. The molecule has 1 aromatic heterocycles. The average Bonchev–Trinajstić information content (AvgIpc) is 2.96. The molecule has 2 unspecified atom stereocenters.